The largest absolute Gasteiger partial charge is 0.301 e. The van der Waals surface area contributed by atoms with Crippen molar-refractivity contribution in [2.45, 2.75) is 6.92 Å². The molecule has 1 aliphatic heterocycles. The summed E-state index contributed by atoms with van der Waals surface area (Å²) in [6, 6.07) is 0. The van der Waals surface area contributed by atoms with Gasteiger partial charge in [-0.05, 0) is 6.92 Å². The number of amidine groups is 1. The summed E-state index contributed by atoms with van der Waals surface area (Å²) in [7, 11) is 1.73. The van der Waals surface area contributed by atoms with Crippen molar-refractivity contribution < 1.29 is 4.84 Å². The Balaban J connectivity index is 2.02. The molecule has 0 aromatic heterocycles. The van der Waals surface area contributed by atoms with Crippen LogP contribution in [0, 0.1) is 0 Å². The molecule has 0 radical (unpaired) electrons. The Labute approximate surface area is 65.5 Å². The highest BCUT2D eigenvalue weighted by Crippen LogP contribution is 1.85. The number of hydrogen-bond acceptors (Lipinski definition) is 6. The van der Waals surface area contributed by atoms with Crippen LogP contribution >= 0.6 is 0 Å². The quantitative estimate of drug-likeness (QED) is 0.355. The lowest BCUT2D eigenvalue weighted by atomic mass is 10.7. The molecular formula is C5H13N5O. The Morgan fingerprint density at radius 1 is 1.73 bits per heavy atom. The van der Waals surface area contributed by atoms with Crippen LogP contribution < -0.4 is 16.4 Å². The molecule has 1 aliphatic rings. The third kappa shape index (κ3) is 2.71. The number of rotatable bonds is 4. The van der Waals surface area contributed by atoms with E-state index in [1.54, 1.807) is 12.2 Å². The normalized spacial score (nSPS) is 17.5. The third-order valence-electron chi connectivity index (χ3n) is 1.20. The highest BCUT2D eigenvalue weighted by molar-refractivity contribution is 5.79. The molecule has 1 rings (SSSR count). The summed E-state index contributed by atoms with van der Waals surface area (Å²) in [6.45, 7) is 3.20. The summed E-state index contributed by atoms with van der Waals surface area (Å²) in [5, 5.41) is 5.64. The van der Waals surface area contributed by atoms with Crippen LogP contribution in [0.3, 0.4) is 0 Å². The minimum absolute atomic E-state index is 0.597. The molecule has 0 aromatic rings. The van der Waals surface area contributed by atoms with E-state index in [1.165, 1.54) is 0 Å². The first-order valence-electron chi connectivity index (χ1n) is 3.45. The van der Waals surface area contributed by atoms with Crippen molar-refractivity contribution in [3.63, 3.8) is 0 Å². The van der Waals surface area contributed by atoms with Gasteiger partial charge in [-0.2, -0.15) is 0 Å². The number of hydroxylamine groups is 1. The minimum Gasteiger partial charge on any atom is -0.301 e. The molecule has 0 unspecified atom stereocenters. The summed E-state index contributed by atoms with van der Waals surface area (Å²) in [5.74, 6) is 0.856. The summed E-state index contributed by atoms with van der Waals surface area (Å²) < 4.78 is 0. The van der Waals surface area contributed by atoms with Crippen LogP contribution in [0.25, 0.3) is 0 Å². The second kappa shape index (κ2) is 4.12. The first-order valence-corrected chi connectivity index (χ1v) is 3.45. The molecule has 11 heavy (non-hydrogen) atoms. The fourth-order valence-electron chi connectivity index (χ4n) is 0.726. The van der Waals surface area contributed by atoms with Crippen molar-refractivity contribution >= 4 is 5.84 Å². The number of nitrogens with one attached hydrogen (secondary N) is 3. The molecule has 0 bridgehead atoms. The van der Waals surface area contributed by atoms with Gasteiger partial charge in [-0.1, -0.05) is 0 Å². The molecule has 0 fully saturated rings. The maximum Gasteiger partial charge on any atom is 0.136 e. The predicted octanol–water partition coefficient (Wildman–Crippen LogP) is -1.20. The first-order chi connectivity index (χ1) is 5.33. The van der Waals surface area contributed by atoms with Crippen LogP contribution in [-0.2, 0) is 4.84 Å². The van der Waals surface area contributed by atoms with Crippen LogP contribution in [0.15, 0.2) is 5.10 Å². The monoisotopic (exact) mass is 159 g/mol. The maximum absolute atomic E-state index is 4.91. The van der Waals surface area contributed by atoms with Crippen molar-refractivity contribution in [1.82, 2.24) is 21.6 Å². The van der Waals surface area contributed by atoms with Crippen molar-refractivity contribution in [2.75, 3.05) is 20.2 Å². The molecule has 0 saturated carbocycles. The Bertz CT molecular complexity index is 148. The fraction of sp³-hybridized carbons (Fsp3) is 0.800. The molecule has 3 N–H and O–H groups in total. The molecule has 64 valence electrons. The van der Waals surface area contributed by atoms with Crippen LogP contribution in [0.1, 0.15) is 6.92 Å². The van der Waals surface area contributed by atoms with Crippen molar-refractivity contribution in [3.05, 3.63) is 0 Å². The van der Waals surface area contributed by atoms with Gasteiger partial charge in [-0.25, -0.2) is 11.0 Å². The predicted molar refractivity (Wildman–Crippen MR) is 41.1 cm³/mol. The van der Waals surface area contributed by atoms with Crippen molar-refractivity contribution in [2.24, 2.45) is 5.10 Å². The van der Waals surface area contributed by atoms with E-state index >= 15 is 0 Å². The van der Waals surface area contributed by atoms with E-state index in [0.29, 0.717) is 6.61 Å². The average Bonchev–Trinajstić information content (AvgIpc) is 2.37. The Morgan fingerprint density at radius 3 is 3.09 bits per heavy atom. The molecule has 0 amide bonds. The van der Waals surface area contributed by atoms with Crippen molar-refractivity contribution in [1.29, 1.82) is 0 Å². The SMILES string of the molecule is CNOCCN1NN=C(C)N1. The summed E-state index contributed by atoms with van der Waals surface area (Å²) >= 11 is 0. The van der Waals surface area contributed by atoms with E-state index in [1.807, 2.05) is 6.92 Å². The number of nitrogens with zero attached hydrogens (tertiary/aromatic N) is 2. The molecule has 6 heteroatoms. The zero-order valence-electron chi connectivity index (χ0n) is 6.72. The van der Waals surface area contributed by atoms with Gasteiger partial charge in [0.2, 0.25) is 0 Å². The van der Waals surface area contributed by atoms with Crippen LogP contribution in [-0.4, -0.2) is 31.2 Å². The van der Waals surface area contributed by atoms with Gasteiger partial charge in [-0.15, -0.1) is 10.2 Å². The van der Waals surface area contributed by atoms with E-state index in [0.717, 1.165) is 12.4 Å². The van der Waals surface area contributed by atoms with Gasteiger partial charge in [-0.3, -0.25) is 5.43 Å². The lowest BCUT2D eigenvalue weighted by Gasteiger charge is -2.14. The maximum atomic E-state index is 4.91. The van der Waals surface area contributed by atoms with Gasteiger partial charge in [0.25, 0.3) is 0 Å². The summed E-state index contributed by atoms with van der Waals surface area (Å²) in [6.07, 6.45) is 0. The van der Waals surface area contributed by atoms with E-state index < -0.39 is 0 Å². The smallest absolute Gasteiger partial charge is 0.136 e. The first kappa shape index (κ1) is 8.25. The second-order valence-corrected chi connectivity index (χ2v) is 2.11. The van der Waals surface area contributed by atoms with Gasteiger partial charge in [0, 0.05) is 7.05 Å². The molecule has 0 saturated heterocycles. The highest BCUT2D eigenvalue weighted by Gasteiger charge is 2.08. The second-order valence-electron chi connectivity index (χ2n) is 2.11. The molecule has 0 atom stereocenters. The minimum atomic E-state index is 0.597. The number of hydrogen-bond donors (Lipinski definition) is 3. The zero-order chi connectivity index (χ0) is 8.10. The third-order valence-corrected chi connectivity index (χ3v) is 1.20. The topological polar surface area (TPSA) is 60.9 Å². The van der Waals surface area contributed by atoms with Gasteiger partial charge in [0.15, 0.2) is 0 Å². The van der Waals surface area contributed by atoms with Gasteiger partial charge >= 0.3 is 0 Å². The molecule has 0 aliphatic carbocycles. The van der Waals surface area contributed by atoms with Crippen molar-refractivity contribution in [3.8, 4) is 0 Å². The van der Waals surface area contributed by atoms with Crippen LogP contribution in [0.5, 0.6) is 0 Å². The molecule has 6 nitrogen and oxygen atoms in total. The lowest BCUT2D eigenvalue weighted by molar-refractivity contribution is 0.0263. The van der Waals surface area contributed by atoms with Gasteiger partial charge < -0.3 is 4.84 Å². The molecular weight excluding hydrogens is 146 g/mol. The number of hydrazone groups is 1. The standard InChI is InChI=1S/C5H13N5O/c1-5-7-9-10(8-5)3-4-11-6-2/h6,9H,3-4H2,1-2H3,(H,7,8). The Kier molecular flexibility index (Phi) is 3.09. The van der Waals surface area contributed by atoms with Gasteiger partial charge in [0.1, 0.15) is 5.84 Å². The Hall–Kier alpha value is -0.850. The van der Waals surface area contributed by atoms with Crippen LogP contribution in [0.2, 0.25) is 0 Å². The Morgan fingerprint density at radius 2 is 2.55 bits per heavy atom. The molecule has 0 spiro atoms. The van der Waals surface area contributed by atoms with E-state index in [-0.39, 0.29) is 0 Å². The van der Waals surface area contributed by atoms with E-state index in [9.17, 15) is 0 Å². The fourth-order valence-corrected chi connectivity index (χ4v) is 0.726. The lowest BCUT2D eigenvalue weighted by Crippen LogP contribution is -2.43. The summed E-state index contributed by atoms with van der Waals surface area (Å²) in [5.41, 5.74) is 8.33. The van der Waals surface area contributed by atoms with Crippen LogP contribution in [0.4, 0.5) is 0 Å². The highest BCUT2D eigenvalue weighted by atomic mass is 16.6. The summed E-state index contributed by atoms with van der Waals surface area (Å²) in [4.78, 5) is 4.91. The molecule has 0 aromatic carbocycles. The van der Waals surface area contributed by atoms with E-state index in [2.05, 4.69) is 21.5 Å². The zero-order valence-corrected chi connectivity index (χ0v) is 6.72. The van der Waals surface area contributed by atoms with Gasteiger partial charge in [0.05, 0.1) is 13.2 Å². The molecule has 1 heterocycles. The number of hydrazine groups is 2. The van der Waals surface area contributed by atoms with E-state index in [4.69, 9.17) is 4.84 Å². The average molecular weight is 159 g/mol.